The number of halogens is 1. The quantitative estimate of drug-likeness (QED) is 0.873. The van der Waals surface area contributed by atoms with Gasteiger partial charge < -0.3 is 5.32 Å². The predicted molar refractivity (Wildman–Crippen MR) is 82.8 cm³/mol. The Bertz CT molecular complexity index is 551. The molecule has 0 saturated heterocycles. The maximum Gasteiger partial charge on any atom is 0.126 e. The van der Waals surface area contributed by atoms with Crippen molar-refractivity contribution in [3.8, 4) is 0 Å². The maximum atomic E-state index is 14.0. The Labute approximate surface area is 124 Å². The zero-order valence-corrected chi connectivity index (χ0v) is 13.0. The molecule has 2 nitrogen and oxygen atoms in total. The lowest BCUT2D eigenvalue weighted by Crippen LogP contribution is -2.29. The number of benzene rings is 1. The number of nitrogens with one attached hydrogen (secondary N) is 1. The van der Waals surface area contributed by atoms with E-state index in [0.717, 1.165) is 29.2 Å². The van der Waals surface area contributed by atoms with Crippen molar-refractivity contribution in [2.24, 2.45) is 0 Å². The summed E-state index contributed by atoms with van der Waals surface area (Å²) >= 11 is 1.64. The predicted octanol–water partition coefficient (Wildman–Crippen LogP) is 3.91. The first-order chi connectivity index (χ1) is 9.56. The van der Waals surface area contributed by atoms with Gasteiger partial charge in [0.1, 0.15) is 5.82 Å². The first kappa shape index (κ1) is 15.1. The van der Waals surface area contributed by atoms with Gasteiger partial charge in [0, 0.05) is 23.9 Å². The minimum atomic E-state index is -0.130. The van der Waals surface area contributed by atoms with Crippen LogP contribution in [0, 0.1) is 12.7 Å². The Balaban J connectivity index is 2.18. The first-order valence-electron chi connectivity index (χ1n) is 6.95. The normalized spacial score (nSPS) is 12.8. The van der Waals surface area contributed by atoms with E-state index in [0.29, 0.717) is 6.04 Å². The van der Waals surface area contributed by atoms with Crippen LogP contribution in [-0.2, 0) is 6.42 Å². The van der Waals surface area contributed by atoms with E-state index in [1.54, 1.807) is 17.4 Å². The molecule has 108 valence electrons. The van der Waals surface area contributed by atoms with Crippen LogP contribution in [0.4, 0.5) is 4.39 Å². The summed E-state index contributed by atoms with van der Waals surface area (Å²) in [5, 5.41) is 6.53. The molecule has 0 radical (unpaired) electrons. The number of hydrogen-bond donors (Lipinski definition) is 1. The molecule has 0 bridgehead atoms. The lowest BCUT2D eigenvalue weighted by atomic mass is 9.93. The molecule has 0 saturated carbocycles. The highest BCUT2D eigenvalue weighted by Crippen LogP contribution is 2.24. The standard InChI is InChI=1S/C16H21FN2S/c1-11(2)18-9-13(8-14-10-20-12(3)19-14)15-6-4-5-7-16(15)17/h4-7,10-11,13,18H,8-9H2,1-3H3. The number of rotatable bonds is 6. The number of thiazole rings is 1. The Kier molecular flexibility index (Phi) is 5.26. The second-order valence-corrected chi connectivity index (χ2v) is 6.41. The average molecular weight is 292 g/mol. The molecule has 1 unspecified atom stereocenters. The molecule has 1 aromatic heterocycles. The van der Waals surface area contributed by atoms with Gasteiger partial charge >= 0.3 is 0 Å². The molecule has 1 heterocycles. The van der Waals surface area contributed by atoms with E-state index in [1.807, 2.05) is 19.1 Å². The summed E-state index contributed by atoms with van der Waals surface area (Å²) in [7, 11) is 0. The van der Waals surface area contributed by atoms with Gasteiger partial charge in [-0.05, 0) is 25.0 Å². The third-order valence-electron chi connectivity index (χ3n) is 3.24. The van der Waals surface area contributed by atoms with Crippen molar-refractivity contribution in [3.63, 3.8) is 0 Å². The Morgan fingerprint density at radius 2 is 2.05 bits per heavy atom. The Morgan fingerprint density at radius 1 is 1.30 bits per heavy atom. The summed E-state index contributed by atoms with van der Waals surface area (Å²) in [4.78, 5) is 4.50. The van der Waals surface area contributed by atoms with Gasteiger partial charge in [-0.25, -0.2) is 9.37 Å². The highest BCUT2D eigenvalue weighted by molar-refractivity contribution is 7.09. The molecule has 1 atom stereocenters. The van der Waals surface area contributed by atoms with Crippen molar-refractivity contribution < 1.29 is 4.39 Å². The van der Waals surface area contributed by atoms with Crippen LogP contribution in [0.3, 0.4) is 0 Å². The Hall–Kier alpha value is -1.26. The summed E-state index contributed by atoms with van der Waals surface area (Å²) in [5.41, 5.74) is 1.82. The smallest absolute Gasteiger partial charge is 0.126 e. The fourth-order valence-corrected chi connectivity index (χ4v) is 2.86. The molecule has 2 aromatic rings. The highest BCUT2D eigenvalue weighted by Gasteiger charge is 2.17. The Morgan fingerprint density at radius 3 is 2.65 bits per heavy atom. The van der Waals surface area contributed by atoms with Crippen molar-refractivity contribution in [2.45, 2.75) is 39.2 Å². The van der Waals surface area contributed by atoms with E-state index in [2.05, 4.69) is 29.5 Å². The molecule has 0 aliphatic rings. The van der Waals surface area contributed by atoms with Gasteiger partial charge in [-0.3, -0.25) is 0 Å². The van der Waals surface area contributed by atoms with Crippen LogP contribution >= 0.6 is 11.3 Å². The molecule has 0 spiro atoms. The van der Waals surface area contributed by atoms with E-state index < -0.39 is 0 Å². The molecular weight excluding hydrogens is 271 g/mol. The van der Waals surface area contributed by atoms with Crippen LogP contribution in [0.5, 0.6) is 0 Å². The molecule has 2 rings (SSSR count). The van der Waals surface area contributed by atoms with E-state index >= 15 is 0 Å². The van der Waals surface area contributed by atoms with Gasteiger partial charge in [0.05, 0.1) is 10.7 Å². The average Bonchev–Trinajstić information content (AvgIpc) is 2.81. The van der Waals surface area contributed by atoms with E-state index in [1.165, 1.54) is 6.07 Å². The number of aryl methyl sites for hydroxylation is 1. The monoisotopic (exact) mass is 292 g/mol. The second-order valence-electron chi connectivity index (χ2n) is 5.34. The van der Waals surface area contributed by atoms with Crippen molar-refractivity contribution in [1.82, 2.24) is 10.3 Å². The zero-order chi connectivity index (χ0) is 14.5. The number of nitrogens with zero attached hydrogens (tertiary/aromatic N) is 1. The van der Waals surface area contributed by atoms with Crippen LogP contribution in [0.2, 0.25) is 0 Å². The number of aromatic nitrogens is 1. The van der Waals surface area contributed by atoms with Crippen molar-refractivity contribution in [3.05, 3.63) is 51.7 Å². The van der Waals surface area contributed by atoms with Crippen LogP contribution in [0.15, 0.2) is 29.6 Å². The molecule has 4 heteroatoms. The van der Waals surface area contributed by atoms with E-state index in [-0.39, 0.29) is 11.7 Å². The van der Waals surface area contributed by atoms with E-state index in [9.17, 15) is 4.39 Å². The van der Waals surface area contributed by atoms with E-state index in [4.69, 9.17) is 0 Å². The molecule has 0 fully saturated rings. The summed E-state index contributed by atoms with van der Waals surface area (Å²) in [6.45, 7) is 6.96. The second kappa shape index (κ2) is 6.95. The first-order valence-corrected chi connectivity index (χ1v) is 7.83. The molecule has 20 heavy (non-hydrogen) atoms. The molecule has 0 aliphatic carbocycles. The van der Waals surface area contributed by atoms with Crippen molar-refractivity contribution in [2.75, 3.05) is 6.54 Å². The topological polar surface area (TPSA) is 24.9 Å². The minimum absolute atomic E-state index is 0.111. The molecule has 1 aromatic carbocycles. The molecule has 0 amide bonds. The number of hydrogen-bond acceptors (Lipinski definition) is 3. The van der Waals surface area contributed by atoms with Gasteiger partial charge in [0.2, 0.25) is 0 Å². The lowest BCUT2D eigenvalue weighted by Gasteiger charge is -2.19. The third-order valence-corrected chi connectivity index (χ3v) is 4.06. The van der Waals surface area contributed by atoms with Crippen molar-refractivity contribution in [1.29, 1.82) is 0 Å². The largest absolute Gasteiger partial charge is 0.314 e. The van der Waals surface area contributed by atoms with Crippen LogP contribution in [0.1, 0.15) is 36.0 Å². The van der Waals surface area contributed by atoms with Crippen LogP contribution in [-0.4, -0.2) is 17.6 Å². The fraction of sp³-hybridized carbons (Fsp3) is 0.438. The van der Waals surface area contributed by atoms with Gasteiger partial charge in [-0.1, -0.05) is 32.0 Å². The summed E-state index contributed by atoms with van der Waals surface area (Å²) in [5.74, 6) is -0.0184. The summed E-state index contributed by atoms with van der Waals surface area (Å²) in [6, 6.07) is 7.43. The van der Waals surface area contributed by atoms with Crippen LogP contribution in [0.25, 0.3) is 0 Å². The zero-order valence-electron chi connectivity index (χ0n) is 12.2. The summed E-state index contributed by atoms with van der Waals surface area (Å²) < 4.78 is 14.0. The minimum Gasteiger partial charge on any atom is -0.314 e. The highest BCUT2D eigenvalue weighted by atomic mass is 32.1. The van der Waals surface area contributed by atoms with Crippen molar-refractivity contribution >= 4 is 11.3 Å². The molecule has 1 N–H and O–H groups in total. The molecule has 0 aliphatic heterocycles. The van der Waals surface area contributed by atoms with Gasteiger partial charge in [-0.15, -0.1) is 11.3 Å². The molecular formula is C16H21FN2S. The fourth-order valence-electron chi connectivity index (χ4n) is 2.23. The third kappa shape index (κ3) is 4.12. The SMILES string of the molecule is Cc1nc(CC(CNC(C)C)c2ccccc2F)cs1. The van der Waals surface area contributed by atoms with Crippen LogP contribution < -0.4 is 5.32 Å². The van der Waals surface area contributed by atoms with Gasteiger partial charge in [0.25, 0.3) is 0 Å². The van der Waals surface area contributed by atoms with Gasteiger partial charge in [-0.2, -0.15) is 0 Å². The van der Waals surface area contributed by atoms with Gasteiger partial charge in [0.15, 0.2) is 0 Å². The maximum absolute atomic E-state index is 14.0. The summed E-state index contributed by atoms with van der Waals surface area (Å²) in [6.07, 6.45) is 0.769. The lowest BCUT2D eigenvalue weighted by molar-refractivity contribution is 0.503.